The molecule has 140 valence electrons. The fraction of sp³-hybridized carbons (Fsp3) is 0.455. The Hall–Kier alpha value is -2.40. The lowest BCUT2D eigenvalue weighted by molar-refractivity contribution is 0.0623. The molecule has 5 heteroatoms. The van der Waals surface area contributed by atoms with Crippen LogP contribution >= 0.6 is 0 Å². The van der Waals surface area contributed by atoms with E-state index in [0.717, 1.165) is 23.8 Å². The van der Waals surface area contributed by atoms with E-state index in [-0.39, 0.29) is 17.9 Å². The van der Waals surface area contributed by atoms with Gasteiger partial charge in [0, 0.05) is 48.5 Å². The summed E-state index contributed by atoms with van der Waals surface area (Å²) < 4.78 is 12.0. The van der Waals surface area contributed by atoms with Gasteiger partial charge in [0.05, 0.1) is 19.3 Å². The summed E-state index contributed by atoms with van der Waals surface area (Å²) in [5.41, 5.74) is 1.80. The van der Waals surface area contributed by atoms with Crippen LogP contribution in [0.2, 0.25) is 0 Å². The number of hydrogen-bond donors (Lipinski definition) is 0. The van der Waals surface area contributed by atoms with Crippen LogP contribution in [0.25, 0.3) is 0 Å². The van der Waals surface area contributed by atoms with Crippen LogP contribution < -0.4 is 4.74 Å². The molecule has 0 N–H and O–H groups in total. The zero-order chi connectivity index (χ0) is 18.2. The van der Waals surface area contributed by atoms with Crippen molar-refractivity contribution in [3.63, 3.8) is 0 Å². The van der Waals surface area contributed by atoms with Gasteiger partial charge in [-0.05, 0) is 37.0 Å². The molecular weight excluding hydrogens is 340 g/mol. The van der Waals surface area contributed by atoms with Gasteiger partial charge < -0.3 is 14.4 Å². The maximum atomic E-state index is 13.3. The fourth-order valence-corrected chi connectivity index (χ4v) is 4.38. The molecule has 2 fully saturated rings. The lowest BCUT2D eigenvalue weighted by atomic mass is 9.85. The molecule has 0 unspecified atom stereocenters. The van der Waals surface area contributed by atoms with E-state index >= 15 is 0 Å². The Kier molecular flexibility index (Phi) is 4.32. The summed E-state index contributed by atoms with van der Waals surface area (Å²) in [4.78, 5) is 19.3. The van der Waals surface area contributed by atoms with Crippen molar-refractivity contribution in [2.45, 2.75) is 18.9 Å². The van der Waals surface area contributed by atoms with Crippen molar-refractivity contribution in [3.8, 4) is 5.75 Å². The van der Waals surface area contributed by atoms with E-state index in [1.54, 1.807) is 24.5 Å². The van der Waals surface area contributed by atoms with Gasteiger partial charge >= 0.3 is 0 Å². The molecule has 3 atom stereocenters. The lowest BCUT2D eigenvalue weighted by Gasteiger charge is -2.34. The van der Waals surface area contributed by atoms with Gasteiger partial charge in [0.25, 0.3) is 5.91 Å². The van der Waals surface area contributed by atoms with Gasteiger partial charge in [0.1, 0.15) is 5.75 Å². The van der Waals surface area contributed by atoms with Gasteiger partial charge in [0.2, 0.25) is 0 Å². The second-order valence-electron chi connectivity index (χ2n) is 7.89. The van der Waals surface area contributed by atoms with Gasteiger partial charge in [0.15, 0.2) is 0 Å². The van der Waals surface area contributed by atoms with Crippen LogP contribution in [0.4, 0.5) is 0 Å². The smallest absolute Gasteiger partial charge is 0.254 e. The molecule has 5 rings (SSSR count). The zero-order valence-electron chi connectivity index (χ0n) is 15.3. The summed E-state index contributed by atoms with van der Waals surface area (Å²) in [7, 11) is 0. The molecular formula is C22H24N2O3. The standard InChI is InChI=1S/C22H24N2O3/c25-22(16-7-9-23-10-8-16)24-11-17(13-26-12-15-5-6-15)19-14-27-20-4-2-1-3-18(20)21(19)24/h1-4,7-10,15,17,19,21H,5-6,11-14H2/t17-,19-,21-/m0/s1. The van der Waals surface area contributed by atoms with E-state index in [1.807, 2.05) is 23.1 Å². The van der Waals surface area contributed by atoms with Crippen molar-refractivity contribution in [3.05, 3.63) is 59.9 Å². The third-order valence-electron chi connectivity index (χ3n) is 6.02. The van der Waals surface area contributed by atoms with E-state index in [1.165, 1.54) is 12.8 Å². The van der Waals surface area contributed by atoms with Gasteiger partial charge in [-0.15, -0.1) is 0 Å². The molecule has 0 bridgehead atoms. The van der Waals surface area contributed by atoms with Crippen molar-refractivity contribution in [1.82, 2.24) is 9.88 Å². The molecule has 1 saturated heterocycles. The average molecular weight is 364 g/mol. The molecule has 2 aliphatic heterocycles. The van der Waals surface area contributed by atoms with Crippen LogP contribution in [0.1, 0.15) is 34.8 Å². The topological polar surface area (TPSA) is 51.7 Å². The molecule has 3 heterocycles. The first-order valence-corrected chi connectivity index (χ1v) is 9.81. The number of benzene rings is 1. The van der Waals surface area contributed by atoms with E-state index in [2.05, 4.69) is 11.1 Å². The Balaban J connectivity index is 1.43. The number of ether oxygens (including phenoxy) is 2. The van der Waals surface area contributed by atoms with E-state index in [0.29, 0.717) is 31.2 Å². The lowest BCUT2D eigenvalue weighted by Crippen LogP contribution is -2.35. The number of carbonyl (C=O) groups is 1. The summed E-state index contributed by atoms with van der Waals surface area (Å²) in [6.45, 7) is 2.89. The van der Waals surface area contributed by atoms with Crippen LogP contribution in [0.15, 0.2) is 48.8 Å². The molecule has 5 nitrogen and oxygen atoms in total. The molecule has 1 aromatic carbocycles. The van der Waals surface area contributed by atoms with Crippen molar-refractivity contribution < 1.29 is 14.3 Å². The van der Waals surface area contributed by atoms with Gasteiger partial charge in [-0.25, -0.2) is 0 Å². The molecule has 0 spiro atoms. The zero-order valence-corrected chi connectivity index (χ0v) is 15.3. The Bertz CT molecular complexity index is 821. The maximum Gasteiger partial charge on any atom is 0.254 e. The third-order valence-corrected chi connectivity index (χ3v) is 6.02. The van der Waals surface area contributed by atoms with E-state index < -0.39 is 0 Å². The van der Waals surface area contributed by atoms with Crippen LogP contribution in [0, 0.1) is 17.8 Å². The second-order valence-corrected chi connectivity index (χ2v) is 7.89. The number of fused-ring (bicyclic) bond motifs is 3. The highest BCUT2D eigenvalue weighted by Crippen LogP contribution is 2.47. The number of carbonyl (C=O) groups excluding carboxylic acids is 1. The Morgan fingerprint density at radius 1 is 1.15 bits per heavy atom. The molecule has 1 amide bonds. The molecule has 1 aromatic heterocycles. The Labute approximate surface area is 159 Å². The largest absolute Gasteiger partial charge is 0.493 e. The Morgan fingerprint density at radius 2 is 1.96 bits per heavy atom. The average Bonchev–Trinajstić information content (AvgIpc) is 3.47. The van der Waals surface area contributed by atoms with Crippen LogP contribution in [0.5, 0.6) is 5.75 Å². The number of nitrogens with zero attached hydrogens (tertiary/aromatic N) is 2. The highest BCUT2D eigenvalue weighted by molar-refractivity contribution is 5.94. The molecule has 0 radical (unpaired) electrons. The number of amides is 1. The number of likely N-dealkylation sites (tertiary alicyclic amines) is 1. The minimum Gasteiger partial charge on any atom is -0.493 e. The van der Waals surface area contributed by atoms with Crippen LogP contribution in [-0.4, -0.2) is 42.2 Å². The van der Waals surface area contributed by atoms with E-state index in [4.69, 9.17) is 9.47 Å². The summed E-state index contributed by atoms with van der Waals surface area (Å²) in [5.74, 6) is 2.28. The normalized spacial score (nSPS) is 26.2. The number of aromatic nitrogens is 1. The molecule has 3 aliphatic rings. The summed E-state index contributed by atoms with van der Waals surface area (Å²) in [6, 6.07) is 11.7. The second kappa shape index (κ2) is 6.97. The number of pyridine rings is 1. The highest BCUT2D eigenvalue weighted by Gasteiger charge is 2.48. The monoisotopic (exact) mass is 364 g/mol. The fourth-order valence-electron chi connectivity index (χ4n) is 4.38. The van der Waals surface area contributed by atoms with Crippen LogP contribution in [0.3, 0.4) is 0 Å². The van der Waals surface area contributed by atoms with Gasteiger partial charge in [-0.3, -0.25) is 9.78 Å². The number of para-hydroxylation sites is 1. The predicted molar refractivity (Wildman–Crippen MR) is 100 cm³/mol. The van der Waals surface area contributed by atoms with Crippen molar-refractivity contribution in [2.75, 3.05) is 26.4 Å². The predicted octanol–water partition coefficient (Wildman–Crippen LogP) is 3.33. The van der Waals surface area contributed by atoms with Crippen molar-refractivity contribution >= 4 is 5.91 Å². The van der Waals surface area contributed by atoms with Crippen LogP contribution in [-0.2, 0) is 4.74 Å². The quantitative estimate of drug-likeness (QED) is 0.817. The third kappa shape index (κ3) is 3.21. The molecule has 1 aliphatic carbocycles. The summed E-state index contributed by atoms with van der Waals surface area (Å²) in [6.07, 6.45) is 5.93. The maximum absolute atomic E-state index is 13.3. The van der Waals surface area contributed by atoms with Crippen molar-refractivity contribution in [1.29, 1.82) is 0 Å². The minimum absolute atomic E-state index is 0.0464. The molecule has 2 aromatic rings. The number of hydrogen-bond acceptors (Lipinski definition) is 4. The molecule has 1 saturated carbocycles. The summed E-state index contributed by atoms with van der Waals surface area (Å²) in [5, 5.41) is 0. The van der Waals surface area contributed by atoms with Gasteiger partial charge in [-0.1, -0.05) is 18.2 Å². The first-order chi connectivity index (χ1) is 13.3. The minimum atomic E-state index is 0.0464. The van der Waals surface area contributed by atoms with Gasteiger partial charge in [-0.2, -0.15) is 0 Å². The van der Waals surface area contributed by atoms with Crippen molar-refractivity contribution in [2.24, 2.45) is 17.8 Å². The first kappa shape index (κ1) is 16.8. The number of rotatable bonds is 5. The Morgan fingerprint density at radius 3 is 2.78 bits per heavy atom. The molecule has 27 heavy (non-hydrogen) atoms. The SMILES string of the molecule is O=C(c1ccncc1)N1C[C@@H](COCC2CC2)[C@@H]2COc3ccccc3[C@@H]21. The van der Waals surface area contributed by atoms with E-state index in [9.17, 15) is 4.79 Å². The highest BCUT2D eigenvalue weighted by atomic mass is 16.5. The summed E-state index contributed by atoms with van der Waals surface area (Å²) >= 11 is 0. The first-order valence-electron chi connectivity index (χ1n) is 9.81.